The van der Waals surface area contributed by atoms with E-state index in [1.165, 1.54) is 11.0 Å². The van der Waals surface area contributed by atoms with Crippen LogP contribution in [0, 0.1) is 11.2 Å². The lowest BCUT2D eigenvalue weighted by Crippen LogP contribution is -2.39. The fraction of sp³-hybridized carbons (Fsp3) is 0.138. The van der Waals surface area contributed by atoms with Crippen molar-refractivity contribution in [1.82, 2.24) is 20.2 Å². The summed E-state index contributed by atoms with van der Waals surface area (Å²) >= 11 is 2.31. The molecule has 196 valence electrons. The van der Waals surface area contributed by atoms with E-state index in [-0.39, 0.29) is 17.7 Å². The van der Waals surface area contributed by atoms with Crippen LogP contribution in [0.2, 0.25) is 0 Å². The molecule has 3 N–H and O–H groups in total. The number of benzene rings is 3. The normalized spacial score (nSPS) is 11.9. The lowest BCUT2D eigenvalue weighted by atomic mass is 9.93. The van der Waals surface area contributed by atoms with Gasteiger partial charge < -0.3 is 10.2 Å². The minimum atomic E-state index is -0.366. The summed E-state index contributed by atoms with van der Waals surface area (Å²) in [5, 5.41) is 13.5. The van der Waals surface area contributed by atoms with Crippen LogP contribution in [0.15, 0.2) is 77.9 Å². The van der Waals surface area contributed by atoms with Crippen molar-refractivity contribution in [1.29, 1.82) is 5.41 Å². The van der Waals surface area contributed by atoms with Crippen molar-refractivity contribution in [3.8, 4) is 11.3 Å². The van der Waals surface area contributed by atoms with Crippen LogP contribution in [-0.2, 0) is 11.0 Å². The number of rotatable bonds is 5. The Morgan fingerprint density at radius 3 is 2.54 bits per heavy atom. The molecule has 0 spiro atoms. The molecule has 10 heteroatoms. The van der Waals surface area contributed by atoms with Crippen molar-refractivity contribution in [3.05, 3.63) is 107 Å². The van der Waals surface area contributed by atoms with Gasteiger partial charge in [-0.1, -0.05) is 46.9 Å². The second-order valence-corrected chi connectivity index (χ2v) is 9.89. The molecule has 0 radical (unpaired) electrons. The molecule has 1 aliphatic rings. The quantitative estimate of drug-likeness (QED) is 0.116. The van der Waals surface area contributed by atoms with Crippen molar-refractivity contribution in [3.63, 3.8) is 0 Å². The monoisotopic (exact) mass is 633 g/mol. The number of anilines is 2. The summed E-state index contributed by atoms with van der Waals surface area (Å²) in [6, 6.07) is 19.6. The van der Waals surface area contributed by atoms with Crippen molar-refractivity contribution in [2.45, 2.75) is 11.0 Å². The lowest BCUT2D eigenvalue weighted by molar-refractivity contribution is 0.0973. The molecule has 0 bridgehead atoms. The molecule has 1 aliphatic heterocycles. The molecular weight excluding hydrogens is 608 g/mol. The van der Waals surface area contributed by atoms with E-state index in [2.05, 4.69) is 44.3 Å². The molecular formula is C29H25FIN7O. The smallest absolute Gasteiger partial charge is 0.257 e. The Morgan fingerprint density at radius 2 is 1.82 bits per heavy atom. The van der Waals surface area contributed by atoms with Gasteiger partial charge >= 0.3 is 0 Å². The second kappa shape index (κ2) is 11.3. The predicted octanol–water partition coefficient (Wildman–Crippen LogP) is 5.54. The van der Waals surface area contributed by atoms with E-state index >= 15 is 0 Å². The van der Waals surface area contributed by atoms with E-state index in [9.17, 15) is 9.18 Å². The molecule has 1 amide bonds. The third-order valence-corrected chi connectivity index (χ3v) is 7.11. The van der Waals surface area contributed by atoms with Crippen LogP contribution in [0.25, 0.3) is 11.3 Å². The van der Waals surface area contributed by atoms with Gasteiger partial charge in [0.15, 0.2) is 5.96 Å². The zero-order valence-corrected chi connectivity index (χ0v) is 23.5. The third kappa shape index (κ3) is 5.65. The van der Waals surface area contributed by atoms with Crippen molar-refractivity contribution in [2.75, 3.05) is 19.4 Å². The number of nitrogens with zero attached hydrogens (tertiary/aromatic N) is 4. The Hall–Kier alpha value is -4.19. The summed E-state index contributed by atoms with van der Waals surface area (Å²) < 4.78 is 15.6. The Morgan fingerprint density at radius 1 is 1.05 bits per heavy atom. The lowest BCUT2D eigenvalue weighted by Gasteiger charge is -2.14. The number of amides is 1. The summed E-state index contributed by atoms with van der Waals surface area (Å²) in [6.45, 7) is 0.319. The average Bonchev–Trinajstić information content (AvgIpc) is 3.10. The molecule has 8 nitrogen and oxygen atoms in total. The molecule has 1 aromatic heterocycles. The molecule has 0 atom stereocenters. The van der Waals surface area contributed by atoms with Gasteiger partial charge in [-0.15, -0.1) is 0 Å². The van der Waals surface area contributed by atoms with Gasteiger partial charge in [-0.25, -0.2) is 14.4 Å². The van der Waals surface area contributed by atoms with Crippen LogP contribution < -0.4 is 10.6 Å². The molecule has 0 saturated carbocycles. The van der Waals surface area contributed by atoms with Gasteiger partial charge in [0.1, 0.15) is 5.82 Å². The average molecular weight is 633 g/mol. The number of hydrogen-bond acceptors (Lipinski definition) is 6. The van der Waals surface area contributed by atoms with Crippen LogP contribution in [0.4, 0.5) is 16.0 Å². The summed E-state index contributed by atoms with van der Waals surface area (Å²) in [6.07, 6.45) is 1.74. The zero-order chi connectivity index (χ0) is 27.5. The highest BCUT2D eigenvalue weighted by molar-refractivity contribution is 14.1. The van der Waals surface area contributed by atoms with Crippen LogP contribution in [0.5, 0.6) is 0 Å². The molecule has 4 aromatic rings. The highest BCUT2D eigenvalue weighted by Crippen LogP contribution is 2.33. The maximum atomic E-state index is 14.8. The first-order valence-corrected chi connectivity index (χ1v) is 13.7. The largest absolute Gasteiger partial charge is 0.349 e. The second-order valence-electron chi connectivity index (χ2n) is 9.13. The van der Waals surface area contributed by atoms with E-state index in [1.54, 1.807) is 56.7 Å². The van der Waals surface area contributed by atoms with E-state index < -0.39 is 0 Å². The number of nitrogens with one attached hydrogen (secondary N) is 3. The zero-order valence-electron chi connectivity index (χ0n) is 21.3. The van der Waals surface area contributed by atoms with Gasteiger partial charge in [-0.05, 0) is 48.0 Å². The minimum Gasteiger partial charge on any atom is -0.349 e. The van der Waals surface area contributed by atoms with E-state index in [1.807, 2.05) is 18.2 Å². The number of alkyl halides is 1. The first-order valence-electron chi connectivity index (χ1n) is 12.1. The van der Waals surface area contributed by atoms with E-state index in [0.717, 1.165) is 32.4 Å². The van der Waals surface area contributed by atoms with Crippen molar-refractivity contribution < 1.29 is 9.18 Å². The molecule has 0 unspecified atom stereocenters. The Labute approximate surface area is 239 Å². The first-order chi connectivity index (χ1) is 18.8. The summed E-state index contributed by atoms with van der Waals surface area (Å²) in [5.41, 5.74) is 6.54. The van der Waals surface area contributed by atoms with Crippen molar-refractivity contribution >= 4 is 51.8 Å². The first kappa shape index (κ1) is 26.4. The fourth-order valence-electron chi connectivity index (χ4n) is 4.15. The van der Waals surface area contributed by atoms with Crippen LogP contribution in [0.3, 0.4) is 0 Å². The molecule has 39 heavy (non-hydrogen) atoms. The molecule has 0 aliphatic carbocycles. The van der Waals surface area contributed by atoms with E-state index in [4.69, 9.17) is 15.4 Å². The maximum absolute atomic E-state index is 14.8. The molecule has 2 heterocycles. The van der Waals surface area contributed by atoms with Gasteiger partial charge in [0.2, 0.25) is 5.95 Å². The number of halogens is 2. The number of aliphatic imine (C=N–C) groups is 1. The minimum absolute atomic E-state index is 0.00797. The third-order valence-electron chi connectivity index (χ3n) is 6.23. The molecule has 3 aromatic carbocycles. The topological polar surface area (TPSA) is 106 Å². The summed E-state index contributed by atoms with van der Waals surface area (Å²) in [5.74, 6) is -0.293. The van der Waals surface area contributed by atoms with Gasteiger partial charge in [0.25, 0.3) is 5.91 Å². The fourth-order valence-corrected chi connectivity index (χ4v) is 4.63. The molecule has 0 fully saturated rings. The molecule has 5 rings (SSSR count). The van der Waals surface area contributed by atoms with E-state index in [0.29, 0.717) is 35.0 Å². The Kier molecular flexibility index (Phi) is 7.64. The van der Waals surface area contributed by atoms with Gasteiger partial charge in [-0.3, -0.25) is 20.5 Å². The number of fused-ring (bicyclic) bond motifs is 3. The van der Waals surface area contributed by atoms with Crippen LogP contribution in [-0.4, -0.2) is 46.5 Å². The number of aromatic nitrogens is 2. The van der Waals surface area contributed by atoms with Gasteiger partial charge in [0, 0.05) is 58.2 Å². The number of hydrogen-bond donors (Lipinski definition) is 3. The SMILES string of the molecule is CN(C)C(=N)NC(=O)c1ccc(Nc2ncc3c(n2)-c2ccc(CI)cc2C(c2ccccc2F)=NC3)cc1. The Bertz CT molecular complexity index is 1600. The summed E-state index contributed by atoms with van der Waals surface area (Å²) in [4.78, 5) is 28.0. The highest BCUT2D eigenvalue weighted by Gasteiger charge is 2.23. The van der Waals surface area contributed by atoms with Gasteiger partial charge in [-0.2, -0.15) is 0 Å². The predicted molar refractivity (Wildman–Crippen MR) is 160 cm³/mol. The number of guanidine groups is 1. The highest BCUT2D eigenvalue weighted by atomic mass is 127. The number of carbonyl (C=O) groups is 1. The Balaban J connectivity index is 1.46. The standard InChI is InChI=1S/C29H25FIN7O/c1-38(2)28(32)37-27(39)18-8-10-20(11-9-18)35-29-34-16-19-15-33-26(22-5-3-4-6-24(22)30)23-13-17(14-31)7-12-21(23)25(19)36-29/h3-13,16H,14-15H2,1-2H3,(H2,32,37,39)(H,34,35,36). The van der Waals surface area contributed by atoms with Crippen LogP contribution in [0.1, 0.15) is 32.6 Å². The molecule has 0 saturated heterocycles. The summed E-state index contributed by atoms with van der Waals surface area (Å²) in [7, 11) is 3.37. The number of carbonyl (C=O) groups excluding carboxylic acids is 1. The van der Waals surface area contributed by atoms with Crippen LogP contribution >= 0.6 is 22.6 Å². The maximum Gasteiger partial charge on any atom is 0.257 e. The van der Waals surface area contributed by atoms with Crippen molar-refractivity contribution in [2.24, 2.45) is 4.99 Å². The van der Waals surface area contributed by atoms with Gasteiger partial charge in [0.05, 0.1) is 18.0 Å².